The second-order valence-corrected chi connectivity index (χ2v) is 9.97. The van der Waals surface area contributed by atoms with Crippen molar-refractivity contribution in [1.29, 1.82) is 0 Å². The average Bonchev–Trinajstić information content (AvgIpc) is 3.55. The Morgan fingerprint density at radius 3 is 2.31 bits per heavy atom. The molecule has 39 heavy (non-hydrogen) atoms. The largest absolute Gasteiger partial charge is 0.357 e. The third kappa shape index (κ3) is 5.27. The molecule has 8 heteroatoms. The summed E-state index contributed by atoms with van der Waals surface area (Å²) >= 11 is 0. The summed E-state index contributed by atoms with van der Waals surface area (Å²) in [4.78, 5) is 26.4. The molecule has 2 atom stereocenters. The lowest BCUT2D eigenvalue weighted by Gasteiger charge is -2.18. The molecule has 1 aromatic heterocycles. The lowest BCUT2D eigenvalue weighted by molar-refractivity contribution is -0.123. The minimum atomic E-state index is -0.762. The van der Waals surface area contributed by atoms with Gasteiger partial charge in [0.05, 0.1) is 18.8 Å². The molecule has 0 saturated carbocycles. The molecule has 5 rings (SSSR count). The average molecular weight is 523 g/mol. The Hall–Kier alpha value is -4.46. The zero-order valence-electron chi connectivity index (χ0n) is 22.8. The number of benzene rings is 3. The number of aryl methyl sites for hydroxylation is 2. The van der Waals surface area contributed by atoms with Gasteiger partial charge in [-0.25, -0.2) is 19.1 Å². The lowest BCUT2D eigenvalue weighted by atomic mass is 9.90. The van der Waals surface area contributed by atoms with E-state index >= 15 is 0 Å². The third-order valence-electron chi connectivity index (χ3n) is 7.32. The van der Waals surface area contributed by atoms with Crippen LogP contribution in [0.3, 0.4) is 0 Å². The van der Waals surface area contributed by atoms with Gasteiger partial charge in [-0.05, 0) is 42.5 Å². The summed E-state index contributed by atoms with van der Waals surface area (Å²) in [6, 6.07) is 25.9. The second-order valence-electron chi connectivity index (χ2n) is 9.97. The van der Waals surface area contributed by atoms with E-state index in [1.807, 2.05) is 30.3 Å². The molecule has 0 spiro atoms. The summed E-state index contributed by atoms with van der Waals surface area (Å²) in [6.07, 6.45) is 0.946. The van der Waals surface area contributed by atoms with Crippen LogP contribution >= 0.6 is 0 Å². The predicted octanol–water partition coefficient (Wildman–Crippen LogP) is 4.28. The van der Waals surface area contributed by atoms with Crippen LogP contribution in [0.2, 0.25) is 0 Å². The quantitative estimate of drug-likeness (QED) is 0.374. The number of nitrogens with one attached hydrogen (secondary N) is 1. The number of anilines is 1. The number of amides is 1. The van der Waals surface area contributed by atoms with Crippen molar-refractivity contribution in [1.82, 2.24) is 19.7 Å². The number of carbonyl (C=O) groups is 1. The van der Waals surface area contributed by atoms with Crippen molar-refractivity contribution in [3.63, 3.8) is 0 Å². The molecule has 200 valence electrons. The van der Waals surface area contributed by atoms with Gasteiger partial charge in [-0.15, -0.1) is 5.10 Å². The Balaban J connectivity index is 1.59. The van der Waals surface area contributed by atoms with Gasteiger partial charge >= 0.3 is 5.69 Å². The number of hydrogen-bond donors (Lipinski definition) is 1. The van der Waals surface area contributed by atoms with E-state index in [0.29, 0.717) is 19.0 Å². The molecule has 8 nitrogen and oxygen atoms in total. The van der Waals surface area contributed by atoms with Crippen molar-refractivity contribution in [2.75, 3.05) is 18.6 Å². The van der Waals surface area contributed by atoms with Crippen LogP contribution in [0, 0.1) is 6.92 Å². The van der Waals surface area contributed by atoms with Gasteiger partial charge in [0, 0.05) is 13.0 Å². The maximum Gasteiger partial charge on any atom is 0.348 e. The Morgan fingerprint density at radius 2 is 1.67 bits per heavy atom. The molecular formula is C31H34N6O2. The number of hydrogen-bond acceptors (Lipinski definition) is 5. The number of rotatable bonds is 8. The van der Waals surface area contributed by atoms with Crippen LogP contribution in [-0.4, -0.2) is 39.6 Å². The van der Waals surface area contributed by atoms with Gasteiger partial charge in [-0.3, -0.25) is 4.79 Å². The van der Waals surface area contributed by atoms with E-state index in [1.54, 1.807) is 19.0 Å². The van der Waals surface area contributed by atoms with E-state index in [0.717, 1.165) is 28.8 Å². The highest BCUT2D eigenvalue weighted by molar-refractivity contribution is 6.07. The molecular weight excluding hydrogens is 488 g/mol. The van der Waals surface area contributed by atoms with E-state index < -0.39 is 6.04 Å². The fraction of sp³-hybridized carbons (Fsp3) is 0.290. The summed E-state index contributed by atoms with van der Waals surface area (Å²) in [5.41, 5.74) is 6.06. The first kappa shape index (κ1) is 26.2. The van der Waals surface area contributed by atoms with Crippen LogP contribution in [-0.2, 0) is 17.8 Å². The van der Waals surface area contributed by atoms with Crippen molar-refractivity contribution < 1.29 is 4.79 Å². The molecule has 0 bridgehead atoms. The molecule has 1 amide bonds. The van der Waals surface area contributed by atoms with Crippen LogP contribution in [0.15, 0.2) is 88.8 Å². The molecule has 0 aliphatic carbocycles. The Bertz CT molecular complexity index is 1530. The third-order valence-corrected chi connectivity index (χ3v) is 7.32. The number of hydrazone groups is 1. The van der Waals surface area contributed by atoms with Gasteiger partial charge < -0.3 is 5.32 Å². The first-order valence-corrected chi connectivity index (χ1v) is 13.4. The molecule has 1 N–H and O–H groups in total. The smallest absolute Gasteiger partial charge is 0.348 e. The van der Waals surface area contributed by atoms with Gasteiger partial charge in [-0.1, -0.05) is 91.3 Å². The molecule has 0 unspecified atom stereocenters. The molecule has 1 aliphatic rings. The van der Waals surface area contributed by atoms with E-state index in [1.165, 1.54) is 20.4 Å². The van der Waals surface area contributed by atoms with Crippen LogP contribution in [0.4, 0.5) is 5.95 Å². The van der Waals surface area contributed by atoms with Gasteiger partial charge in [0.25, 0.3) is 0 Å². The highest BCUT2D eigenvalue weighted by atomic mass is 16.2. The van der Waals surface area contributed by atoms with E-state index in [2.05, 4.69) is 67.7 Å². The highest BCUT2D eigenvalue weighted by Crippen LogP contribution is 2.32. The van der Waals surface area contributed by atoms with Gasteiger partial charge in [0.2, 0.25) is 11.9 Å². The maximum atomic E-state index is 13.7. The highest BCUT2D eigenvalue weighted by Gasteiger charge is 2.34. The van der Waals surface area contributed by atoms with Crippen molar-refractivity contribution in [2.24, 2.45) is 5.10 Å². The fourth-order valence-electron chi connectivity index (χ4n) is 4.96. The topological polar surface area (TPSA) is 84.5 Å². The molecule has 1 aliphatic heterocycles. The predicted molar refractivity (Wildman–Crippen MR) is 154 cm³/mol. The van der Waals surface area contributed by atoms with Crippen molar-refractivity contribution in [3.05, 3.63) is 117 Å². The van der Waals surface area contributed by atoms with Crippen molar-refractivity contribution in [2.45, 2.75) is 45.7 Å². The number of likely N-dealkylation sites (N-methyl/N-ethyl adjacent to an activating group) is 1. The molecule has 4 aromatic rings. The maximum absolute atomic E-state index is 13.7. The molecule has 0 radical (unpaired) electrons. The summed E-state index contributed by atoms with van der Waals surface area (Å²) < 4.78 is 2.87. The number of nitrogens with zero attached hydrogens (tertiary/aromatic N) is 5. The van der Waals surface area contributed by atoms with Gasteiger partial charge in [-0.2, -0.15) is 5.10 Å². The monoisotopic (exact) mass is 522 g/mol. The normalized spacial score (nSPS) is 15.7. The molecule has 0 saturated heterocycles. The zero-order chi connectivity index (χ0) is 27.5. The lowest BCUT2D eigenvalue weighted by Crippen LogP contribution is -2.36. The van der Waals surface area contributed by atoms with Crippen LogP contribution in [0.1, 0.15) is 53.6 Å². The summed E-state index contributed by atoms with van der Waals surface area (Å²) in [5.74, 6) is 0.0515. The molecule has 3 aromatic carbocycles. The SMILES string of the molecule is CCc1ccc(Cn2nc(N3C[C@@H](c4ccccc4)C(c4ccc(C)cc4)=N3)n([C@@H](C)C(=O)NC)c2=O)cc1. The first-order valence-electron chi connectivity index (χ1n) is 13.4. The fourth-order valence-corrected chi connectivity index (χ4v) is 4.96. The molecule has 0 fully saturated rings. The van der Waals surface area contributed by atoms with E-state index in [-0.39, 0.29) is 17.5 Å². The van der Waals surface area contributed by atoms with Crippen LogP contribution in [0.25, 0.3) is 0 Å². The van der Waals surface area contributed by atoms with Gasteiger partial charge in [0.15, 0.2) is 0 Å². The summed E-state index contributed by atoms with van der Waals surface area (Å²) in [6.45, 7) is 6.67. The van der Waals surface area contributed by atoms with Crippen molar-refractivity contribution in [3.8, 4) is 0 Å². The number of aromatic nitrogens is 3. The van der Waals surface area contributed by atoms with E-state index in [9.17, 15) is 9.59 Å². The van der Waals surface area contributed by atoms with E-state index in [4.69, 9.17) is 10.2 Å². The zero-order valence-corrected chi connectivity index (χ0v) is 22.8. The Labute approximate surface area is 228 Å². The second kappa shape index (κ2) is 11.1. The summed E-state index contributed by atoms with van der Waals surface area (Å²) in [5, 5.41) is 14.2. The first-order chi connectivity index (χ1) is 18.9. The number of carbonyl (C=O) groups excluding carboxylic acids is 1. The minimum Gasteiger partial charge on any atom is -0.357 e. The summed E-state index contributed by atoms with van der Waals surface area (Å²) in [7, 11) is 1.57. The Morgan fingerprint density at radius 1 is 1.00 bits per heavy atom. The van der Waals surface area contributed by atoms with Crippen LogP contribution < -0.4 is 16.0 Å². The van der Waals surface area contributed by atoms with Crippen molar-refractivity contribution >= 4 is 17.6 Å². The standard InChI is InChI=1S/C31H34N6O2/c1-5-23-13-15-24(16-14-23)19-36-31(39)37(22(3)29(38)32-4)30(34-36)35-20-27(25-9-7-6-8-10-25)28(33-35)26-17-11-21(2)12-18-26/h6-18,22,27H,5,19-20H2,1-4H3,(H,32,38)/t22-,27-/m0/s1. The minimum absolute atomic E-state index is 0.0282. The van der Waals surface area contributed by atoms with Crippen LogP contribution in [0.5, 0.6) is 0 Å². The molecule has 2 heterocycles. The Kier molecular flexibility index (Phi) is 7.45. The van der Waals surface area contributed by atoms with Gasteiger partial charge in [0.1, 0.15) is 6.04 Å².